The molecule has 29 heavy (non-hydrogen) atoms. The first kappa shape index (κ1) is 19.5. The molecule has 0 amide bonds. The van der Waals surface area contributed by atoms with E-state index >= 15 is 0 Å². The predicted molar refractivity (Wildman–Crippen MR) is 108 cm³/mol. The molecule has 1 heterocycles. The van der Waals surface area contributed by atoms with Crippen molar-refractivity contribution >= 4 is 35.2 Å². The van der Waals surface area contributed by atoms with Gasteiger partial charge < -0.3 is 10.1 Å². The van der Waals surface area contributed by atoms with E-state index < -0.39 is 17.5 Å². The molecule has 2 N–H and O–H groups in total. The Morgan fingerprint density at radius 1 is 1.00 bits per heavy atom. The molecule has 4 rings (SSSR count). The van der Waals surface area contributed by atoms with Crippen LogP contribution in [0.4, 0.5) is 18.9 Å². The maximum Gasteiger partial charge on any atom is 0.206 e. The zero-order valence-corrected chi connectivity index (χ0v) is 16.3. The van der Waals surface area contributed by atoms with Gasteiger partial charge in [0.15, 0.2) is 11.6 Å². The van der Waals surface area contributed by atoms with Crippen molar-refractivity contribution in [2.75, 3.05) is 5.32 Å². The fourth-order valence-corrected chi connectivity index (χ4v) is 3.51. The Hall–Kier alpha value is -2.84. The van der Waals surface area contributed by atoms with Crippen molar-refractivity contribution in [3.05, 3.63) is 82.6 Å². The molecule has 3 aromatic carbocycles. The standard InChI is InChI=1S/C20H13ClF3N3OS/c21-13-3-1-2-4-16(13)28-19-15(24)7-8-17-18(19)26-20(27-29-17)25-10-11-9-12(22)5-6-14(11)23/h1-9H,10H2,(H2,25,26,27). The van der Waals surface area contributed by atoms with Crippen molar-refractivity contribution in [2.45, 2.75) is 11.4 Å². The van der Waals surface area contributed by atoms with E-state index in [1.807, 2.05) is 0 Å². The number of halogens is 4. The molecule has 0 bridgehead atoms. The molecule has 0 saturated heterocycles. The molecule has 0 fully saturated rings. The van der Waals surface area contributed by atoms with Gasteiger partial charge in [0.1, 0.15) is 23.1 Å². The summed E-state index contributed by atoms with van der Waals surface area (Å²) < 4.78 is 50.3. The summed E-state index contributed by atoms with van der Waals surface area (Å²) in [5.41, 5.74) is 0.454. The van der Waals surface area contributed by atoms with Gasteiger partial charge in [-0.05, 0) is 54.4 Å². The third-order valence-electron chi connectivity index (χ3n) is 4.04. The smallest absolute Gasteiger partial charge is 0.206 e. The Bertz CT molecular complexity index is 1110. The zero-order chi connectivity index (χ0) is 20.4. The SMILES string of the molecule is Fc1ccc(F)c(CN=C2NSc3ccc(F)c(Oc4ccccc4Cl)c3N2)c1. The van der Waals surface area contributed by atoms with E-state index in [-0.39, 0.29) is 23.8 Å². The van der Waals surface area contributed by atoms with Gasteiger partial charge >= 0.3 is 0 Å². The molecule has 1 aliphatic rings. The van der Waals surface area contributed by atoms with Gasteiger partial charge in [0.05, 0.1) is 16.5 Å². The highest BCUT2D eigenvalue weighted by atomic mass is 35.5. The summed E-state index contributed by atoms with van der Waals surface area (Å²) in [5.74, 6) is -1.20. The number of hydrogen-bond acceptors (Lipinski definition) is 3. The molecular weight excluding hydrogens is 423 g/mol. The second-order valence-electron chi connectivity index (χ2n) is 6.01. The third kappa shape index (κ3) is 4.28. The summed E-state index contributed by atoms with van der Waals surface area (Å²) in [5, 5.41) is 3.28. The monoisotopic (exact) mass is 435 g/mol. The minimum Gasteiger partial charge on any atom is -0.450 e. The van der Waals surface area contributed by atoms with Crippen molar-refractivity contribution in [3.8, 4) is 11.5 Å². The van der Waals surface area contributed by atoms with Gasteiger partial charge in [0, 0.05) is 5.56 Å². The van der Waals surface area contributed by atoms with Crippen LogP contribution in [0.3, 0.4) is 0 Å². The fraction of sp³-hybridized carbons (Fsp3) is 0.0500. The minimum atomic E-state index is -0.589. The number of nitrogens with zero attached hydrogens (tertiary/aromatic N) is 1. The van der Waals surface area contributed by atoms with Gasteiger partial charge in [-0.2, -0.15) is 0 Å². The number of aliphatic imine (C=N–C) groups is 1. The molecule has 0 aromatic heterocycles. The number of guanidine groups is 1. The molecule has 0 atom stereocenters. The second-order valence-corrected chi connectivity index (χ2v) is 7.27. The second kappa shape index (κ2) is 8.26. The predicted octanol–water partition coefficient (Wildman–Crippen LogP) is 6.13. The number of fused-ring (bicyclic) bond motifs is 1. The molecule has 148 valence electrons. The summed E-state index contributed by atoms with van der Waals surface area (Å²) in [6, 6.07) is 12.7. The molecule has 0 unspecified atom stereocenters. The van der Waals surface area contributed by atoms with Gasteiger partial charge in [0.25, 0.3) is 0 Å². The number of nitrogens with one attached hydrogen (secondary N) is 2. The molecule has 9 heteroatoms. The molecule has 3 aromatic rings. The van der Waals surface area contributed by atoms with Gasteiger partial charge in [-0.25, -0.2) is 18.2 Å². The van der Waals surface area contributed by atoms with Gasteiger partial charge in [0.2, 0.25) is 5.96 Å². The molecule has 0 saturated carbocycles. The lowest BCUT2D eigenvalue weighted by Gasteiger charge is -2.23. The highest BCUT2D eigenvalue weighted by Gasteiger charge is 2.22. The van der Waals surface area contributed by atoms with E-state index in [1.54, 1.807) is 30.3 Å². The zero-order valence-electron chi connectivity index (χ0n) is 14.7. The number of rotatable bonds is 4. The van der Waals surface area contributed by atoms with Gasteiger partial charge in [-0.15, -0.1) is 0 Å². The van der Waals surface area contributed by atoms with Gasteiger partial charge in [-0.1, -0.05) is 23.7 Å². The fourth-order valence-electron chi connectivity index (χ4n) is 2.63. The summed E-state index contributed by atoms with van der Waals surface area (Å²) in [7, 11) is 0. The first-order chi connectivity index (χ1) is 14.0. The van der Waals surface area contributed by atoms with Crippen LogP contribution in [0.25, 0.3) is 0 Å². The van der Waals surface area contributed by atoms with E-state index in [9.17, 15) is 13.2 Å². The van der Waals surface area contributed by atoms with Crippen LogP contribution in [0.15, 0.2) is 64.5 Å². The van der Waals surface area contributed by atoms with Crippen LogP contribution in [-0.4, -0.2) is 5.96 Å². The summed E-state index contributed by atoms with van der Waals surface area (Å²) >= 11 is 7.29. The van der Waals surface area contributed by atoms with Crippen LogP contribution in [0.1, 0.15) is 5.56 Å². The lowest BCUT2D eigenvalue weighted by Crippen LogP contribution is -2.30. The van der Waals surface area contributed by atoms with E-state index in [4.69, 9.17) is 16.3 Å². The Labute approximate surface area is 173 Å². The Balaban J connectivity index is 1.62. The summed E-state index contributed by atoms with van der Waals surface area (Å²) in [4.78, 5) is 4.88. The van der Waals surface area contributed by atoms with Crippen LogP contribution >= 0.6 is 23.5 Å². The Kier molecular flexibility index (Phi) is 5.55. The van der Waals surface area contributed by atoms with E-state index in [0.29, 0.717) is 21.4 Å². The minimum absolute atomic E-state index is 0.0470. The van der Waals surface area contributed by atoms with Crippen LogP contribution in [-0.2, 0) is 6.54 Å². The lowest BCUT2D eigenvalue weighted by atomic mass is 10.2. The van der Waals surface area contributed by atoms with Crippen molar-refractivity contribution in [1.82, 2.24) is 4.72 Å². The normalized spacial score (nSPS) is 14.1. The number of para-hydroxylation sites is 1. The summed E-state index contributed by atoms with van der Waals surface area (Å²) in [6.07, 6.45) is 0. The average Bonchev–Trinajstić information content (AvgIpc) is 2.72. The molecule has 4 nitrogen and oxygen atoms in total. The van der Waals surface area contributed by atoms with Crippen LogP contribution in [0.5, 0.6) is 11.5 Å². The average molecular weight is 436 g/mol. The number of benzene rings is 3. The number of ether oxygens (including phenoxy) is 1. The highest BCUT2D eigenvalue weighted by Crippen LogP contribution is 2.42. The maximum atomic E-state index is 14.5. The van der Waals surface area contributed by atoms with Crippen molar-refractivity contribution < 1.29 is 17.9 Å². The maximum absolute atomic E-state index is 14.5. The Morgan fingerprint density at radius 2 is 1.79 bits per heavy atom. The van der Waals surface area contributed by atoms with E-state index in [0.717, 1.165) is 18.2 Å². The number of anilines is 1. The molecule has 1 aliphatic heterocycles. The Morgan fingerprint density at radius 3 is 2.62 bits per heavy atom. The lowest BCUT2D eigenvalue weighted by molar-refractivity contribution is 0.443. The van der Waals surface area contributed by atoms with Crippen molar-refractivity contribution in [3.63, 3.8) is 0 Å². The molecule has 0 radical (unpaired) electrons. The quantitative estimate of drug-likeness (QED) is 0.484. The van der Waals surface area contributed by atoms with Crippen LogP contribution in [0, 0.1) is 17.5 Å². The highest BCUT2D eigenvalue weighted by molar-refractivity contribution is 7.98. The van der Waals surface area contributed by atoms with E-state index in [2.05, 4.69) is 15.0 Å². The van der Waals surface area contributed by atoms with Gasteiger partial charge in [-0.3, -0.25) is 4.72 Å². The third-order valence-corrected chi connectivity index (χ3v) is 5.20. The van der Waals surface area contributed by atoms with Crippen molar-refractivity contribution in [2.24, 2.45) is 4.99 Å². The molecule has 0 aliphatic carbocycles. The first-order valence-electron chi connectivity index (χ1n) is 8.44. The van der Waals surface area contributed by atoms with E-state index in [1.165, 1.54) is 18.0 Å². The van der Waals surface area contributed by atoms with Crippen LogP contribution < -0.4 is 14.8 Å². The summed E-state index contributed by atoms with van der Waals surface area (Å²) in [6.45, 7) is -0.106. The van der Waals surface area contributed by atoms with Crippen molar-refractivity contribution in [1.29, 1.82) is 0 Å². The topological polar surface area (TPSA) is 45.7 Å². The first-order valence-corrected chi connectivity index (χ1v) is 9.64. The van der Waals surface area contributed by atoms with Crippen LogP contribution in [0.2, 0.25) is 5.02 Å². The molecule has 0 spiro atoms. The number of hydrogen-bond donors (Lipinski definition) is 2. The molecular formula is C20H13ClF3N3OS. The largest absolute Gasteiger partial charge is 0.450 e.